The molecule has 27 heavy (non-hydrogen) atoms. The third kappa shape index (κ3) is 6.93. The molecule has 0 atom stereocenters. The Kier molecular flexibility index (Phi) is 7.51. The Morgan fingerprint density at radius 3 is 1.96 bits per heavy atom. The maximum atomic E-state index is 12.0. The van der Waals surface area contributed by atoms with E-state index in [1.165, 1.54) is 5.56 Å². The van der Waals surface area contributed by atoms with Crippen molar-refractivity contribution in [3.05, 3.63) is 102 Å². The Labute approximate surface area is 164 Å². The zero-order valence-electron chi connectivity index (χ0n) is 15.1. The van der Waals surface area contributed by atoms with E-state index in [4.69, 9.17) is 4.74 Å². The Morgan fingerprint density at radius 2 is 1.30 bits per heavy atom. The van der Waals surface area contributed by atoms with Crippen LogP contribution in [-0.2, 0) is 29.3 Å². The summed E-state index contributed by atoms with van der Waals surface area (Å²) in [4.78, 5) is 13.1. The maximum Gasteiger partial charge on any atom is 0.230 e. The molecule has 0 aliphatic heterocycles. The molecule has 0 spiro atoms. The third-order valence-electron chi connectivity index (χ3n) is 4.01. The Bertz CT molecular complexity index is 820. The van der Waals surface area contributed by atoms with Crippen LogP contribution in [0.4, 0.5) is 0 Å². The van der Waals surface area contributed by atoms with Crippen LogP contribution in [-0.4, -0.2) is 11.7 Å². The van der Waals surface area contributed by atoms with Gasteiger partial charge in [0.15, 0.2) is 0 Å². The number of nitrogens with one attached hydrogen (secondary N) is 1. The van der Waals surface area contributed by atoms with Gasteiger partial charge in [-0.2, -0.15) is 0 Å². The van der Waals surface area contributed by atoms with Gasteiger partial charge in [0.25, 0.3) is 0 Å². The van der Waals surface area contributed by atoms with E-state index in [0.717, 1.165) is 16.0 Å². The van der Waals surface area contributed by atoms with E-state index in [-0.39, 0.29) is 5.91 Å². The van der Waals surface area contributed by atoms with E-state index < -0.39 is 0 Å². The van der Waals surface area contributed by atoms with Crippen molar-refractivity contribution in [1.29, 1.82) is 0 Å². The standard InChI is InChI=1S/C23H23NO2S/c25-23(18-27-22-9-5-2-6-10-22)24-15-19-11-13-21(14-12-19)17-26-16-20-7-3-1-4-8-20/h1-14H,15-18H2,(H,24,25). The summed E-state index contributed by atoms with van der Waals surface area (Å²) in [7, 11) is 0. The summed E-state index contributed by atoms with van der Waals surface area (Å²) in [6, 6.07) is 28.3. The summed E-state index contributed by atoms with van der Waals surface area (Å²) < 4.78 is 5.75. The molecule has 138 valence electrons. The summed E-state index contributed by atoms with van der Waals surface area (Å²) in [5.74, 6) is 0.467. The summed E-state index contributed by atoms with van der Waals surface area (Å²) in [6.07, 6.45) is 0. The highest BCUT2D eigenvalue weighted by molar-refractivity contribution is 8.00. The lowest BCUT2D eigenvalue weighted by molar-refractivity contribution is -0.118. The van der Waals surface area contributed by atoms with Crippen LogP contribution in [0.15, 0.2) is 89.8 Å². The minimum atomic E-state index is 0.0409. The molecule has 3 rings (SSSR count). The SMILES string of the molecule is O=C(CSc1ccccc1)NCc1ccc(COCc2ccccc2)cc1. The number of rotatable bonds is 9. The monoisotopic (exact) mass is 377 g/mol. The van der Waals surface area contributed by atoms with Crippen molar-refractivity contribution in [2.45, 2.75) is 24.7 Å². The van der Waals surface area contributed by atoms with Gasteiger partial charge in [0.1, 0.15) is 0 Å². The lowest BCUT2D eigenvalue weighted by Crippen LogP contribution is -2.24. The Morgan fingerprint density at radius 1 is 0.741 bits per heavy atom. The molecule has 0 aliphatic carbocycles. The smallest absolute Gasteiger partial charge is 0.230 e. The molecule has 0 bridgehead atoms. The van der Waals surface area contributed by atoms with Gasteiger partial charge in [-0.05, 0) is 28.8 Å². The van der Waals surface area contributed by atoms with Gasteiger partial charge in [-0.3, -0.25) is 4.79 Å². The number of benzene rings is 3. The molecule has 4 heteroatoms. The maximum absolute atomic E-state index is 12.0. The van der Waals surface area contributed by atoms with Crippen LogP contribution < -0.4 is 5.32 Å². The van der Waals surface area contributed by atoms with Gasteiger partial charge >= 0.3 is 0 Å². The van der Waals surface area contributed by atoms with Crippen molar-refractivity contribution >= 4 is 17.7 Å². The van der Waals surface area contributed by atoms with Crippen molar-refractivity contribution in [3.8, 4) is 0 Å². The van der Waals surface area contributed by atoms with Gasteiger partial charge in [-0.1, -0.05) is 72.8 Å². The second kappa shape index (κ2) is 10.6. The zero-order chi connectivity index (χ0) is 18.7. The van der Waals surface area contributed by atoms with E-state index >= 15 is 0 Å². The highest BCUT2D eigenvalue weighted by Gasteiger charge is 2.03. The third-order valence-corrected chi connectivity index (χ3v) is 5.02. The normalized spacial score (nSPS) is 10.5. The fourth-order valence-electron chi connectivity index (χ4n) is 2.53. The summed E-state index contributed by atoms with van der Waals surface area (Å²) in [6.45, 7) is 1.73. The van der Waals surface area contributed by atoms with Crippen LogP contribution in [0.2, 0.25) is 0 Å². The number of thioether (sulfide) groups is 1. The number of amides is 1. The number of carbonyl (C=O) groups excluding carboxylic acids is 1. The van der Waals surface area contributed by atoms with Crippen molar-refractivity contribution in [2.75, 3.05) is 5.75 Å². The molecule has 1 amide bonds. The number of carbonyl (C=O) groups is 1. The van der Waals surface area contributed by atoms with Crippen LogP contribution in [0.25, 0.3) is 0 Å². The average molecular weight is 378 g/mol. The molecular weight excluding hydrogens is 354 g/mol. The largest absolute Gasteiger partial charge is 0.372 e. The molecule has 0 radical (unpaired) electrons. The molecule has 0 heterocycles. The number of hydrogen-bond acceptors (Lipinski definition) is 3. The van der Waals surface area contributed by atoms with Crippen molar-refractivity contribution in [3.63, 3.8) is 0 Å². The van der Waals surface area contributed by atoms with E-state index in [2.05, 4.69) is 17.4 Å². The highest BCUT2D eigenvalue weighted by atomic mass is 32.2. The van der Waals surface area contributed by atoms with Crippen molar-refractivity contribution in [2.24, 2.45) is 0 Å². The first-order valence-electron chi connectivity index (χ1n) is 8.93. The fraction of sp³-hybridized carbons (Fsp3) is 0.174. The van der Waals surface area contributed by atoms with E-state index in [1.807, 2.05) is 72.8 Å². The van der Waals surface area contributed by atoms with Crippen LogP contribution in [0.3, 0.4) is 0 Å². The lowest BCUT2D eigenvalue weighted by Gasteiger charge is -2.08. The molecule has 0 aromatic heterocycles. The van der Waals surface area contributed by atoms with Gasteiger partial charge in [0.2, 0.25) is 5.91 Å². The van der Waals surface area contributed by atoms with Crippen molar-refractivity contribution in [1.82, 2.24) is 5.32 Å². The molecule has 0 saturated carbocycles. The molecule has 3 aromatic carbocycles. The average Bonchev–Trinajstić information content (AvgIpc) is 2.73. The van der Waals surface area contributed by atoms with Gasteiger partial charge in [0, 0.05) is 11.4 Å². The van der Waals surface area contributed by atoms with Gasteiger partial charge in [-0.25, -0.2) is 0 Å². The van der Waals surface area contributed by atoms with E-state index in [0.29, 0.717) is 25.5 Å². The number of ether oxygens (including phenoxy) is 1. The van der Waals surface area contributed by atoms with E-state index in [1.54, 1.807) is 11.8 Å². The Hall–Kier alpha value is -2.56. The first-order chi connectivity index (χ1) is 13.3. The predicted octanol–water partition coefficient (Wildman–Crippen LogP) is 4.81. The number of hydrogen-bond donors (Lipinski definition) is 1. The summed E-state index contributed by atoms with van der Waals surface area (Å²) in [5, 5.41) is 2.96. The molecule has 0 saturated heterocycles. The van der Waals surface area contributed by atoms with Gasteiger partial charge < -0.3 is 10.1 Å². The van der Waals surface area contributed by atoms with E-state index in [9.17, 15) is 4.79 Å². The highest BCUT2D eigenvalue weighted by Crippen LogP contribution is 2.16. The molecule has 0 fully saturated rings. The predicted molar refractivity (Wildman–Crippen MR) is 110 cm³/mol. The van der Waals surface area contributed by atoms with Crippen LogP contribution in [0, 0.1) is 0 Å². The van der Waals surface area contributed by atoms with Gasteiger partial charge in [0.05, 0.1) is 19.0 Å². The van der Waals surface area contributed by atoms with Crippen LogP contribution in [0.1, 0.15) is 16.7 Å². The van der Waals surface area contributed by atoms with Gasteiger partial charge in [-0.15, -0.1) is 11.8 Å². The van der Waals surface area contributed by atoms with Crippen LogP contribution >= 0.6 is 11.8 Å². The molecule has 3 nitrogen and oxygen atoms in total. The first kappa shape index (κ1) is 19.2. The molecular formula is C23H23NO2S. The minimum Gasteiger partial charge on any atom is -0.372 e. The second-order valence-electron chi connectivity index (χ2n) is 6.17. The minimum absolute atomic E-state index is 0.0409. The Balaban J connectivity index is 1.36. The zero-order valence-corrected chi connectivity index (χ0v) is 16.0. The lowest BCUT2D eigenvalue weighted by atomic mass is 10.1. The molecule has 1 N–H and O–H groups in total. The fourth-order valence-corrected chi connectivity index (χ4v) is 3.28. The second-order valence-corrected chi connectivity index (χ2v) is 7.22. The molecule has 0 aliphatic rings. The van der Waals surface area contributed by atoms with Crippen molar-refractivity contribution < 1.29 is 9.53 Å². The summed E-state index contributed by atoms with van der Waals surface area (Å²) >= 11 is 1.54. The summed E-state index contributed by atoms with van der Waals surface area (Å²) in [5.41, 5.74) is 3.38. The topological polar surface area (TPSA) is 38.3 Å². The molecule has 3 aromatic rings. The van der Waals surface area contributed by atoms with Crippen LogP contribution in [0.5, 0.6) is 0 Å². The first-order valence-corrected chi connectivity index (χ1v) is 9.92. The quantitative estimate of drug-likeness (QED) is 0.544. The molecule has 0 unspecified atom stereocenters.